The lowest BCUT2D eigenvalue weighted by Crippen LogP contribution is -2.31. The third-order valence-electron chi connectivity index (χ3n) is 4.48. The van der Waals surface area contributed by atoms with Gasteiger partial charge in [-0.1, -0.05) is 25.1 Å². The molecule has 2 aromatic carbocycles. The number of H-pyrrole nitrogens is 1. The molecule has 0 saturated heterocycles. The number of benzene rings is 2. The molecule has 1 amide bonds. The van der Waals surface area contributed by atoms with Crippen LogP contribution >= 0.6 is 12.2 Å². The maximum absolute atomic E-state index is 13.1. The first kappa shape index (κ1) is 18.8. The SMILES string of the molecule is CCCN(Cc1ccccc1O)C(=O)c1ccc2c(=O)n(C)c(=S)[nH]c2c1. The van der Waals surface area contributed by atoms with Crippen LogP contribution in [-0.2, 0) is 13.6 Å². The molecular formula is C20H21N3O3S. The van der Waals surface area contributed by atoms with E-state index >= 15 is 0 Å². The zero-order valence-corrected chi connectivity index (χ0v) is 16.0. The van der Waals surface area contributed by atoms with Gasteiger partial charge in [-0.3, -0.25) is 14.2 Å². The fraction of sp³-hybridized carbons (Fsp3) is 0.250. The molecule has 0 aliphatic heterocycles. The standard InChI is InChI=1S/C20H21N3O3S/c1-3-10-23(12-14-6-4-5-7-17(14)24)18(25)13-8-9-15-16(11-13)21-20(27)22(2)19(15)26/h4-9,11,24H,3,10,12H2,1-2H3,(H,21,27). The molecule has 0 aliphatic carbocycles. The van der Waals surface area contributed by atoms with E-state index in [9.17, 15) is 14.7 Å². The van der Waals surface area contributed by atoms with Crippen molar-refractivity contribution in [3.63, 3.8) is 0 Å². The van der Waals surface area contributed by atoms with Gasteiger partial charge in [-0.05, 0) is 42.9 Å². The number of aromatic nitrogens is 2. The molecule has 1 aromatic heterocycles. The second-order valence-corrected chi connectivity index (χ2v) is 6.80. The van der Waals surface area contributed by atoms with Crippen molar-refractivity contribution in [2.24, 2.45) is 7.05 Å². The van der Waals surface area contributed by atoms with Crippen molar-refractivity contribution >= 4 is 29.0 Å². The summed E-state index contributed by atoms with van der Waals surface area (Å²) >= 11 is 5.16. The number of amides is 1. The van der Waals surface area contributed by atoms with Crippen LogP contribution in [0.1, 0.15) is 29.3 Å². The zero-order chi connectivity index (χ0) is 19.6. The lowest BCUT2D eigenvalue weighted by Gasteiger charge is -2.23. The molecule has 0 bridgehead atoms. The first-order valence-corrected chi connectivity index (χ1v) is 9.12. The summed E-state index contributed by atoms with van der Waals surface area (Å²) in [7, 11) is 1.61. The molecular weight excluding hydrogens is 362 g/mol. The highest BCUT2D eigenvalue weighted by Crippen LogP contribution is 2.20. The van der Waals surface area contributed by atoms with Gasteiger partial charge in [0.15, 0.2) is 4.77 Å². The summed E-state index contributed by atoms with van der Waals surface area (Å²) < 4.78 is 1.66. The number of hydrogen-bond acceptors (Lipinski definition) is 4. The van der Waals surface area contributed by atoms with Gasteiger partial charge in [0.05, 0.1) is 10.9 Å². The summed E-state index contributed by atoms with van der Waals surface area (Å²) in [5, 5.41) is 10.5. The number of para-hydroxylation sites is 1. The zero-order valence-electron chi connectivity index (χ0n) is 15.2. The molecule has 27 heavy (non-hydrogen) atoms. The van der Waals surface area contributed by atoms with Crippen LogP contribution < -0.4 is 5.56 Å². The average Bonchev–Trinajstić information content (AvgIpc) is 2.66. The number of rotatable bonds is 5. The summed E-state index contributed by atoms with van der Waals surface area (Å²) in [6, 6.07) is 11.9. The van der Waals surface area contributed by atoms with Gasteiger partial charge in [0.25, 0.3) is 11.5 Å². The number of carbonyl (C=O) groups is 1. The van der Waals surface area contributed by atoms with Crippen molar-refractivity contribution in [1.82, 2.24) is 14.5 Å². The van der Waals surface area contributed by atoms with Gasteiger partial charge in [-0.2, -0.15) is 0 Å². The summed E-state index contributed by atoms with van der Waals surface area (Å²) in [6.07, 6.45) is 0.788. The van der Waals surface area contributed by atoms with E-state index in [1.807, 2.05) is 13.0 Å². The van der Waals surface area contributed by atoms with Crippen molar-refractivity contribution in [3.05, 3.63) is 68.7 Å². The normalized spacial score (nSPS) is 10.9. The van der Waals surface area contributed by atoms with E-state index in [1.54, 1.807) is 48.3 Å². The number of fused-ring (bicyclic) bond motifs is 1. The van der Waals surface area contributed by atoms with Crippen LogP contribution in [-0.4, -0.2) is 32.0 Å². The molecule has 7 heteroatoms. The van der Waals surface area contributed by atoms with Crippen LogP contribution in [0.3, 0.4) is 0 Å². The highest BCUT2D eigenvalue weighted by molar-refractivity contribution is 7.71. The highest BCUT2D eigenvalue weighted by Gasteiger charge is 2.18. The van der Waals surface area contributed by atoms with Crippen LogP contribution in [0, 0.1) is 4.77 Å². The van der Waals surface area contributed by atoms with E-state index in [4.69, 9.17) is 12.2 Å². The first-order chi connectivity index (χ1) is 12.9. The molecule has 2 N–H and O–H groups in total. The number of phenols is 1. The molecule has 1 heterocycles. The molecule has 0 unspecified atom stereocenters. The van der Waals surface area contributed by atoms with E-state index in [-0.39, 0.29) is 17.2 Å². The minimum Gasteiger partial charge on any atom is -0.508 e. The van der Waals surface area contributed by atoms with E-state index in [2.05, 4.69) is 4.98 Å². The van der Waals surface area contributed by atoms with Crippen molar-refractivity contribution < 1.29 is 9.90 Å². The molecule has 0 saturated carbocycles. The van der Waals surface area contributed by atoms with Crippen LogP contribution in [0.5, 0.6) is 5.75 Å². The number of nitrogens with one attached hydrogen (secondary N) is 1. The van der Waals surface area contributed by atoms with Crippen molar-refractivity contribution in [3.8, 4) is 5.75 Å². The topological polar surface area (TPSA) is 78.3 Å². The summed E-state index contributed by atoms with van der Waals surface area (Å²) in [6.45, 7) is 2.86. The molecule has 0 aliphatic rings. The molecule has 0 spiro atoms. The average molecular weight is 383 g/mol. The van der Waals surface area contributed by atoms with Crippen molar-refractivity contribution in [2.75, 3.05) is 6.54 Å². The Bertz CT molecular complexity index is 1120. The highest BCUT2D eigenvalue weighted by atomic mass is 32.1. The fourth-order valence-corrected chi connectivity index (χ4v) is 3.19. The van der Waals surface area contributed by atoms with Gasteiger partial charge in [-0.15, -0.1) is 0 Å². The molecule has 0 atom stereocenters. The molecule has 3 aromatic rings. The van der Waals surface area contributed by atoms with Crippen molar-refractivity contribution in [2.45, 2.75) is 19.9 Å². The Hall–Kier alpha value is -2.93. The van der Waals surface area contributed by atoms with Crippen LogP contribution in [0.2, 0.25) is 0 Å². The van der Waals surface area contributed by atoms with Gasteiger partial charge >= 0.3 is 0 Å². The van der Waals surface area contributed by atoms with Crippen LogP contribution in [0.25, 0.3) is 10.9 Å². The second kappa shape index (κ2) is 7.75. The summed E-state index contributed by atoms with van der Waals surface area (Å²) in [5.41, 5.74) is 1.49. The maximum Gasteiger partial charge on any atom is 0.261 e. The smallest absolute Gasteiger partial charge is 0.261 e. The third-order valence-corrected chi connectivity index (χ3v) is 4.86. The summed E-state index contributed by atoms with van der Waals surface area (Å²) in [5.74, 6) is -0.000471. The quantitative estimate of drug-likeness (QED) is 0.662. The molecule has 140 valence electrons. The fourth-order valence-electron chi connectivity index (χ4n) is 2.99. The van der Waals surface area contributed by atoms with E-state index < -0.39 is 0 Å². The van der Waals surface area contributed by atoms with E-state index in [1.165, 1.54) is 4.57 Å². The number of hydrogen-bond donors (Lipinski definition) is 2. The predicted octanol–water partition coefficient (Wildman–Crippen LogP) is 3.35. The summed E-state index contributed by atoms with van der Waals surface area (Å²) in [4.78, 5) is 30.0. The third kappa shape index (κ3) is 3.78. The Kier molecular flexibility index (Phi) is 5.41. The van der Waals surface area contributed by atoms with Gasteiger partial charge < -0.3 is 15.0 Å². The van der Waals surface area contributed by atoms with Crippen molar-refractivity contribution in [1.29, 1.82) is 0 Å². The predicted molar refractivity (Wildman–Crippen MR) is 108 cm³/mol. The van der Waals surface area contributed by atoms with Gasteiger partial charge in [0.1, 0.15) is 5.75 Å². The number of carbonyl (C=O) groups excluding carboxylic acids is 1. The number of aromatic hydroxyl groups is 1. The lowest BCUT2D eigenvalue weighted by atomic mass is 10.1. The molecule has 0 radical (unpaired) electrons. The Morgan fingerprint density at radius 2 is 2.00 bits per heavy atom. The van der Waals surface area contributed by atoms with Gasteiger partial charge in [-0.25, -0.2) is 0 Å². The Morgan fingerprint density at radius 1 is 1.26 bits per heavy atom. The monoisotopic (exact) mass is 383 g/mol. The Balaban J connectivity index is 1.99. The largest absolute Gasteiger partial charge is 0.508 e. The van der Waals surface area contributed by atoms with E-state index in [0.29, 0.717) is 39.9 Å². The van der Waals surface area contributed by atoms with E-state index in [0.717, 1.165) is 6.42 Å². The van der Waals surface area contributed by atoms with Gasteiger partial charge in [0.2, 0.25) is 0 Å². The molecule has 3 rings (SSSR count). The van der Waals surface area contributed by atoms with Crippen LogP contribution in [0.4, 0.5) is 0 Å². The number of nitrogens with zero attached hydrogens (tertiary/aromatic N) is 2. The minimum atomic E-state index is -0.202. The second-order valence-electron chi connectivity index (χ2n) is 6.41. The molecule has 0 fully saturated rings. The lowest BCUT2D eigenvalue weighted by molar-refractivity contribution is 0.0742. The van der Waals surface area contributed by atoms with Gasteiger partial charge in [0, 0.05) is 31.3 Å². The Labute approximate surface area is 161 Å². The number of aromatic amines is 1. The van der Waals surface area contributed by atoms with Crippen LogP contribution in [0.15, 0.2) is 47.3 Å². The Morgan fingerprint density at radius 3 is 2.70 bits per heavy atom. The molecule has 6 nitrogen and oxygen atoms in total. The maximum atomic E-state index is 13.1. The first-order valence-electron chi connectivity index (χ1n) is 8.71. The number of phenolic OH excluding ortho intramolecular Hbond substituents is 1. The minimum absolute atomic E-state index is 0.164.